The molecule has 0 unspecified atom stereocenters. The molecule has 0 aliphatic heterocycles. The van der Waals surface area contributed by atoms with E-state index >= 15 is 0 Å². The molecule has 184 valence electrons. The second kappa shape index (κ2) is 13.1. The Balaban J connectivity index is 0.000000338. The average Bonchev–Trinajstić information content (AvgIpc) is 2.90. The third-order valence-corrected chi connectivity index (χ3v) is 6.06. The zero-order chi connectivity index (χ0) is 25.9. The smallest absolute Gasteiger partial charge is 0.331 e. The molecule has 3 nitrogen and oxygen atoms in total. The molecule has 0 saturated heterocycles. The van der Waals surface area contributed by atoms with E-state index in [2.05, 4.69) is 79.8 Å². The van der Waals surface area contributed by atoms with E-state index in [4.69, 9.17) is 5.11 Å². The molecule has 3 heteroatoms. The van der Waals surface area contributed by atoms with Gasteiger partial charge in [-0.25, -0.2) is 4.79 Å². The molecule has 0 aliphatic rings. The molecular weight excluding hydrogens is 442 g/mol. The quantitative estimate of drug-likeness (QED) is 0.263. The summed E-state index contributed by atoms with van der Waals surface area (Å²) in [5, 5.41) is 12.6. The highest BCUT2D eigenvalue weighted by Crippen LogP contribution is 2.24. The zero-order valence-corrected chi connectivity index (χ0v) is 21.6. The third kappa shape index (κ3) is 7.71. The van der Waals surface area contributed by atoms with Gasteiger partial charge in [0.1, 0.15) is 0 Å². The van der Waals surface area contributed by atoms with Crippen molar-refractivity contribution in [3.8, 4) is 11.1 Å². The first kappa shape index (κ1) is 26.5. The fraction of sp³-hybridized carbons (Fsp3) is 0.182. The highest BCUT2D eigenvalue weighted by atomic mass is 16.4. The lowest BCUT2D eigenvalue weighted by molar-refractivity contribution is -0.132. The summed E-state index contributed by atoms with van der Waals surface area (Å²) in [6, 6.07) is 33.3. The van der Waals surface area contributed by atoms with Crippen molar-refractivity contribution < 1.29 is 9.90 Å². The van der Waals surface area contributed by atoms with Gasteiger partial charge in [-0.2, -0.15) is 0 Å². The number of hydrogen-bond donors (Lipinski definition) is 2. The summed E-state index contributed by atoms with van der Waals surface area (Å²) < 4.78 is 0. The number of carbonyl (C=O) groups is 1. The van der Waals surface area contributed by atoms with Crippen molar-refractivity contribution in [2.45, 2.75) is 40.7 Å². The Hall–Kier alpha value is -4.11. The Labute approximate surface area is 215 Å². The van der Waals surface area contributed by atoms with E-state index in [1.54, 1.807) is 13.0 Å². The Morgan fingerprint density at radius 3 is 2.08 bits per heavy atom. The lowest BCUT2D eigenvalue weighted by Gasteiger charge is -2.13. The average molecular weight is 478 g/mol. The maximum atomic E-state index is 11.2. The monoisotopic (exact) mass is 477 g/mol. The van der Waals surface area contributed by atoms with Crippen molar-refractivity contribution in [1.29, 1.82) is 0 Å². The maximum Gasteiger partial charge on any atom is 0.331 e. The molecule has 2 N–H and O–H groups in total. The molecule has 0 aliphatic carbocycles. The molecule has 0 atom stereocenters. The van der Waals surface area contributed by atoms with E-state index in [1.807, 2.05) is 43.3 Å². The van der Waals surface area contributed by atoms with Crippen LogP contribution in [0, 0.1) is 13.8 Å². The molecule has 0 saturated carbocycles. The summed E-state index contributed by atoms with van der Waals surface area (Å²) in [6.45, 7) is 8.57. The first-order valence-corrected chi connectivity index (χ1v) is 12.3. The fourth-order valence-corrected chi connectivity index (χ4v) is 3.88. The fourth-order valence-electron chi connectivity index (χ4n) is 3.88. The van der Waals surface area contributed by atoms with Crippen LogP contribution in [0.2, 0.25) is 0 Å². The standard InChI is InChI=1S/C24H23NO2.C9H12/c1-17-7-6-10-23(22(17)15-18(2)24(26)27)25-16-19-11-13-21(14-12-19)20-8-4-3-5-9-20;1-3-9-6-4-5-8(2)7-9/h3-15,25H,16H2,1-2H3,(H,26,27);4-7H,3H2,1-2H3/b18-15+;. The number of nitrogens with one attached hydrogen (secondary N) is 1. The lowest BCUT2D eigenvalue weighted by Crippen LogP contribution is -2.03. The van der Waals surface area contributed by atoms with Gasteiger partial charge in [0, 0.05) is 23.4 Å². The summed E-state index contributed by atoms with van der Waals surface area (Å²) in [4.78, 5) is 11.2. The van der Waals surface area contributed by atoms with Crippen LogP contribution >= 0.6 is 0 Å². The Morgan fingerprint density at radius 1 is 0.806 bits per heavy atom. The summed E-state index contributed by atoms with van der Waals surface area (Å²) in [7, 11) is 0. The van der Waals surface area contributed by atoms with Gasteiger partial charge in [-0.3, -0.25) is 0 Å². The van der Waals surface area contributed by atoms with Crippen LogP contribution in [0.15, 0.2) is 103 Å². The Bertz CT molecular complexity index is 1310. The summed E-state index contributed by atoms with van der Waals surface area (Å²) >= 11 is 0. The van der Waals surface area contributed by atoms with Gasteiger partial charge in [0.25, 0.3) is 0 Å². The molecule has 0 amide bonds. The topological polar surface area (TPSA) is 49.3 Å². The highest BCUT2D eigenvalue weighted by molar-refractivity contribution is 5.93. The summed E-state index contributed by atoms with van der Waals surface area (Å²) in [6.07, 6.45) is 2.86. The van der Waals surface area contributed by atoms with Gasteiger partial charge in [-0.15, -0.1) is 0 Å². The third-order valence-electron chi connectivity index (χ3n) is 6.06. The lowest BCUT2D eigenvalue weighted by atomic mass is 10.0. The predicted molar refractivity (Wildman–Crippen MR) is 152 cm³/mol. The van der Waals surface area contributed by atoms with Crippen LogP contribution in [0.1, 0.15) is 41.7 Å². The molecule has 0 spiro atoms. The van der Waals surface area contributed by atoms with Crippen LogP contribution in [-0.2, 0) is 17.8 Å². The number of carboxylic acid groups (broad SMARTS) is 1. The second-order valence-electron chi connectivity index (χ2n) is 8.93. The van der Waals surface area contributed by atoms with E-state index < -0.39 is 5.97 Å². The number of hydrogen-bond acceptors (Lipinski definition) is 2. The van der Waals surface area contributed by atoms with Gasteiger partial charge in [-0.05, 0) is 67.2 Å². The van der Waals surface area contributed by atoms with Crippen LogP contribution in [-0.4, -0.2) is 11.1 Å². The van der Waals surface area contributed by atoms with Crippen LogP contribution in [0.4, 0.5) is 5.69 Å². The Morgan fingerprint density at radius 2 is 1.47 bits per heavy atom. The minimum atomic E-state index is -0.902. The molecular formula is C33H35NO2. The molecule has 0 heterocycles. The van der Waals surface area contributed by atoms with Crippen LogP contribution in [0.3, 0.4) is 0 Å². The van der Waals surface area contributed by atoms with Crippen molar-refractivity contribution in [3.05, 3.63) is 130 Å². The first-order chi connectivity index (χ1) is 17.4. The Kier molecular flexibility index (Phi) is 9.64. The molecule has 4 aromatic carbocycles. The summed E-state index contributed by atoms with van der Waals surface area (Å²) in [5.41, 5.74) is 9.55. The number of carboxylic acids is 1. The van der Waals surface area contributed by atoms with E-state index in [1.165, 1.54) is 27.8 Å². The van der Waals surface area contributed by atoms with Crippen molar-refractivity contribution in [2.24, 2.45) is 0 Å². The second-order valence-corrected chi connectivity index (χ2v) is 8.93. The molecule has 0 radical (unpaired) electrons. The van der Waals surface area contributed by atoms with Crippen molar-refractivity contribution >= 4 is 17.7 Å². The number of benzene rings is 4. The predicted octanol–water partition coefficient (Wildman–Crippen LogP) is 8.32. The van der Waals surface area contributed by atoms with Gasteiger partial charge < -0.3 is 10.4 Å². The minimum Gasteiger partial charge on any atom is -0.478 e. The SMILES string of the molecule is C/C(=C\c1c(C)cccc1NCc1ccc(-c2ccccc2)cc1)C(=O)O.CCc1cccc(C)c1. The molecule has 0 aromatic heterocycles. The number of rotatable bonds is 7. The van der Waals surface area contributed by atoms with Crippen LogP contribution in [0.25, 0.3) is 17.2 Å². The number of anilines is 1. The van der Waals surface area contributed by atoms with E-state index in [0.717, 1.165) is 23.2 Å². The normalized spacial score (nSPS) is 10.8. The van der Waals surface area contributed by atoms with E-state index in [0.29, 0.717) is 12.1 Å². The van der Waals surface area contributed by atoms with Gasteiger partial charge >= 0.3 is 5.97 Å². The molecule has 0 fully saturated rings. The molecule has 4 rings (SSSR count). The molecule has 36 heavy (non-hydrogen) atoms. The maximum absolute atomic E-state index is 11.2. The van der Waals surface area contributed by atoms with Crippen molar-refractivity contribution in [3.63, 3.8) is 0 Å². The molecule has 4 aromatic rings. The zero-order valence-electron chi connectivity index (χ0n) is 21.6. The van der Waals surface area contributed by atoms with Gasteiger partial charge in [0.15, 0.2) is 0 Å². The van der Waals surface area contributed by atoms with Gasteiger partial charge in [-0.1, -0.05) is 103 Å². The van der Waals surface area contributed by atoms with Gasteiger partial charge in [0.05, 0.1) is 0 Å². The van der Waals surface area contributed by atoms with E-state index in [-0.39, 0.29) is 0 Å². The molecule has 0 bridgehead atoms. The first-order valence-electron chi connectivity index (χ1n) is 12.3. The van der Waals surface area contributed by atoms with Crippen LogP contribution in [0.5, 0.6) is 0 Å². The van der Waals surface area contributed by atoms with Crippen LogP contribution < -0.4 is 5.32 Å². The number of aliphatic carboxylic acids is 1. The number of aryl methyl sites for hydroxylation is 3. The van der Waals surface area contributed by atoms with E-state index in [9.17, 15) is 4.79 Å². The minimum absolute atomic E-state index is 0.319. The summed E-state index contributed by atoms with van der Waals surface area (Å²) in [5.74, 6) is -0.902. The highest BCUT2D eigenvalue weighted by Gasteiger charge is 2.07. The largest absolute Gasteiger partial charge is 0.478 e. The van der Waals surface area contributed by atoms with Crippen molar-refractivity contribution in [2.75, 3.05) is 5.32 Å². The van der Waals surface area contributed by atoms with Gasteiger partial charge in [0.2, 0.25) is 0 Å². The van der Waals surface area contributed by atoms with Crippen molar-refractivity contribution in [1.82, 2.24) is 0 Å².